The van der Waals surface area contributed by atoms with Gasteiger partial charge in [0, 0.05) is 13.6 Å². The van der Waals surface area contributed by atoms with Crippen LogP contribution in [0.4, 0.5) is 0 Å². The quantitative estimate of drug-likeness (QED) is 0.389. The molecule has 1 aliphatic heterocycles. The number of hydrogen-bond donors (Lipinski definition) is 0. The summed E-state index contributed by atoms with van der Waals surface area (Å²) in [4.78, 5) is 0. The first-order chi connectivity index (χ1) is 14.7. The standard InChI is InChI=1S/C28H36N2/c1-5-8-9-10-14-23-18-19-27(24(6-2)21-23)25-15-13-16-26(22-25)28-17-11-12-20-30(28)29(4)7-3/h6,11-13,15-19,21-22H,2,5,7-10,14,20H2,1,3-4H3. The third-order valence-electron chi connectivity index (χ3n) is 5.94. The molecule has 0 atom stereocenters. The number of hydrogen-bond acceptors (Lipinski definition) is 2. The van der Waals surface area contributed by atoms with Crippen LogP contribution in [-0.2, 0) is 6.42 Å². The minimum absolute atomic E-state index is 0.908. The Morgan fingerprint density at radius 1 is 1.03 bits per heavy atom. The highest BCUT2D eigenvalue weighted by atomic mass is 15.6. The van der Waals surface area contributed by atoms with Gasteiger partial charge in [-0.25, -0.2) is 5.01 Å². The number of benzene rings is 2. The van der Waals surface area contributed by atoms with E-state index in [2.05, 4.69) is 98.2 Å². The molecule has 2 aromatic carbocycles. The lowest BCUT2D eigenvalue weighted by molar-refractivity contribution is 0.0826. The molecule has 1 heterocycles. The van der Waals surface area contributed by atoms with E-state index in [1.54, 1.807) is 0 Å². The molecule has 0 aromatic heterocycles. The van der Waals surface area contributed by atoms with Crippen molar-refractivity contribution >= 4 is 11.8 Å². The van der Waals surface area contributed by atoms with Gasteiger partial charge in [-0.1, -0.05) is 94.3 Å². The molecule has 0 aliphatic carbocycles. The molecule has 0 spiro atoms. The summed E-state index contributed by atoms with van der Waals surface area (Å²) in [5.41, 5.74) is 7.63. The van der Waals surface area contributed by atoms with Gasteiger partial charge in [0.15, 0.2) is 0 Å². The van der Waals surface area contributed by atoms with Crippen molar-refractivity contribution in [1.82, 2.24) is 10.0 Å². The highest BCUT2D eigenvalue weighted by Crippen LogP contribution is 2.31. The number of hydrazine groups is 1. The van der Waals surface area contributed by atoms with Crippen LogP contribution in [0.5, 0.6) is 0 Å². The van der Waals surface area contributed by atoms with Gasteiger partial charge >= 0.3 is 0 Å². The van der Waals surface area contributed by atoms with Crippen LogP contribution in [0.2, 0.25) is 0 Å². The summed E-state index contributed by atoms with van der Waals surface area (Å²) in [7, 11) is 2.14. The average Bonchev–Trinajstić information content (AvgIpc) is 2.81. The number of allylic oxidation sites excluding steroid dienone is 2. The molecule has 0 N–H and O–H groups in total. The maximum absolute atomic E-state index is 4.09. The molecule has 0 unspecified atom stereocenters. The lowest BCUT2D eigenvalue weighted by Gasteiger charge is -2.36. The van der Waals surface area contributed by atoms with E-state index in [0.717, 1.165) is 19.5 Å². The van der Waals surface area contributed by atoms with Crippen LogP contribution in [0.3, 0.4) is 0 Å². The van der Waals surface area contributed by atoms with Gasteiger partial charge in [-0.05, 0) is 52.8 Å². The highest BCUT2D eigenvalue weighted by Gasteiger charge is 2.17. The van der Waals surface area contributed by atoms with Crippen molar-refractivity contribution < 1.29 is 0 Å². The normalized spacial score (nSPS) is 13.6. The summed E-state index contributed by atoms with van der Waals surface area (Å²) in [5.74, 6) is 0. The van der Waals surface area contributed by atoms with Crippen molar-refractivity contribution in [1.29, 1.82) is 0 Å². The molecule has 2 aromatic rings. The lowest BCUT2D eigenvalue weighted by Crippen LogP contribution is -2.39. The predicted molar refractivity (Wildman–Crippen MR) is 132 cm³/mol. The Labute approximate surface area is 183 Å². The molecule has 0 saturated carbocycles. The maximum atomic E-state index is 4.09. The zero-order valence-corrected chi connectivity index (χ0v) is 18.9. The van der Waals surface area contributed by atoms with Crippen LogP contribution in [0.15, 0.2) is 67.3 Å². The first-order valence-corrected chi connectivity index (χ1v) is 11.4. The molecule has 3 rings (SSSR count). The minimum Gasteiger partial charge on any atom is -0.302 e. The molecule has 0 saturated heterocycles. The Bertz CT molecular complexity index is 907. The zero-order chi connectivity index (χ0) is 21.3. The molecule has 2 nitrogen and oxygen atoms in total. The topological polar surface area (TPSA) is 6.48 Å². The molecule has 1 aliphatic rings. The van der Waals surface area contributed by atoms with Crippen LogP contribution in [-0.4, -0.2) is 30.2 Å². The van der Waals surface area contributed by atoms with Gasteiger partial charge in [0.05, 0.1) is 12.2 Å². The molecular formula is C28H36N2. The SMILES string of the molecule is C=Cc1cc(CCCCCC)ccc1-c1cccc(C2=CC=CCN2N(C)CC)c1. The van der Waals surface area contributed by atoms with Crippen LogP contribution >= 0.6 is 0 Å². The monoisotopic (exact) mass is 400 g/mol. The van der Waals surface area contributed by atoms with Gasteiger partial charge in [0.2, 0.25) is 0 Å². The van der Waals surface area contributed by atoms with Gasteiger partial charge in [-0.3, -0.25) is 0 Å². The van der Waals surface area contributed by atoms with Crippen LogP contribution < -0.4 is 0 Å². The van der Waals surface area contributed by atoms with E-state index in [9.17, 15) is 0 Å². The van der Waals surface area contributed by atoms with Crippen molar-refractivity contribution in [3.05, 3.63) is 84.0 Å². The van der Waals surface area contributed by atoms with E-state index < -0.39 is 0 Å². The summed E-state index contributed by atoms with van der Waals surface area (Å²) in [6, 6.07) is 15.8. The molecule has 2 heteroatoms. The van der Waals surface area contributed by atoms with Gasteiger partial charge < -0.3 is 5.01 Å². The Kier molecular flexibility index (Phi) is 8.10. The predicted octanol–water partition coefficient (Wildman–Crippen LogP) is 7.20. The number of unbranched alkanes of at least 4 members (excludes halogenated alkanes) is 3. The van der Waals surface area contributed by atoms with Crippen molar-refractivity contribution in [3.8, 4) is 11.1 Å². The second-order valence-electron chi connectivity index (χ2n) is 8.05. The number of rotatable bonds is 10. The van der Waals surface area contributed by atoms with Gasteiger partial charge in [-0.2, -0.15) is 0 Å². The van der Waals surface area contributed by atoms with Crippen molar-refractivity contribution in [2.45, 2.75) is 46.0 Å². The summed E-state index contributed by atoms with van der Waals surface area (Å²) in [6.45, 7) is 10.4. The largest absolute Gasteiger partial charge is 0.302 e. The number of aryl methyl sites for hydroxylation is 1. The highest BCUT2D eigenvalue weighted by molar-refractivity contribution is 5.78. The van der Waals surface area contributed by atoms with E-state index in [-0.39, 0.29) is 0 Å². The van der Waals surface area contributed by atoms with E-state index in [1.165, 1.54) is 59.2 Å². The fraction of sp³-hybridized carbons (Fsp3) is 0.357. The van der Waals surface area contributed by atoms with E-state index in [0.29, 0.717) is 0 Å². The van der Waals surface area contributed by atoms with Crippen LogP contribution in [0.25, 0.3) is 22.9 Å². The molecule has 30 heavy (non-hydrogen) atoms. The number of nitrogens with zero attached hydrogens (tertiary/aromatic N) is 2. The molecule has 0 bridgehead atoms. The summed E-state index contributed by atoms with van der Waals surface area (Å²) in [6.07, 6.45) is 14.9. The van der Waals surface area contributed by atoms with Crippen LogP contribution in [0, 0.1) is 0 Å². The molecule has 0 amide bonds. The van der Waals surface area contributed by atoms with E-state index >= 15 is 0 Å². The Morgan fingerprint density at radius 3 is 2.63 bits per heavy atom. The van der Waals surface area contributed by atoms with Gasteiger partial charge in [-0.15, -0.1) is 0 Å². The lowest BCUT2D eigenvalue weighted by atomic mass is 9.94. The fourth-order valence-corrected chi connectivity index (χ4v) is 4.04. The van der Waals surface area contributed by atoms with E-state index in [4.69, 9.17) is 0 Å². The average molecular weight is 401 g/mol. The van der Waals surface area contributed by atoms with Crippen LogP contribution in [0.1, 0.15) is 56.2 Å². The molecule has 0 radical (unpaired) electrons. The summed E-state index contributed by atoms with van der Waals surface area (Å²) >= 11 is 0. The minimum atomic E-state index is 0.908. The fourth-order valence-electron chi connectivity index (χ4n) is 4.04. The first-order valence-electron chi connectivity index (χ1n) is 11.4. The van der Waals surface area contributed by atoms with Crippen molar-refractivity contribution in [2.24, 2.45) is 0 Å². The molecular weight excluding hydrogens is 364 g/mol. The third-order valence-corrected chi connectivity index (χ3v) is 5.94. The second kappa shape index (κ2) is 11.0. The van der Waals surface area contributed by atoms with Crippen molar-refractivity contribution in [3.63, 3.8) is 0 Å². The zero-order valence-electron chi connectivity index (χ0n) is 18.9. The van der Waals surface area contributed by atoms with E-state index in [1.807, 2.05) is 6.08 Å². The second-order valence-corrected chi connectivity index (χ2v) is 8.05. The third kappa shape index (κ3) is 5.31. The smallest absolute Gasteiger partial charge is 0.0598 e. The Morgan fingerprint density at radius 2 is 1.87 bits per heavy atom. The molecule has 0 fully saturated rings. The Balaban J connectivity index is 1.87. The first kappa shape index (κ1) is 22.1. The van der Waals surface area contributed by atoms with Gasteiger partial charge in [0.1, 0.15) is 0 Å². The Hall–Kier alpha value is -2.58. The molecule has 158 valence electrons. The maximum Gasteiger partial charge on any atom is 0.0598 e. The summed E-state index contributed by atoms with van der Waals surface area (Å²) in [5, 5.41) is 4.61. The summed E-state index contributed by atoms with van der Waals surface area (Å²) < 4.78 is 0. The van der Waals surface area contributed by atoms with Gasteiger partial charge in [0.25, 0.3) is 0 Å². The van der Waals surface area contributed by atoms with Crippen molar-refractivity contribution in [2.75, 3.05) is 20.1 Å².